The van der Waals surface area contributed by atoms with Gasteiger partial charge in [0, 0.05) is 25.0 Å². The third kappa shape index (κ3) is 3.00. The van der Waals surface area contributed by atoms with E-state index < -0.39 is 0 Å². The first-order valence-corrected chi connectivity index (χ1v) is 6.21. The molecule has 1 heterocycles. The zero-order valence-electron chi connectivity index (χ0n) is 10.9. The summed E-state index contributed by atoms with van der Waals surface area (Å²) in [6, 6.07) is 12.1. The molecule has 94 valence electrons. The maximum absolute atomic E-state index is 5.70. The van der Waals surface area contributed by atoms with Gasteiger partial charge < -0.3 is 10.6 Å². The van der Waals surface area contributed by atoms with E-state index in [9.17, 15) is 0 Å². The van der Waals surface area contributed by atoms with E-state index >= 15 is 0 Å². The van der Waals surface area contributed by atoms with Gasteiger partial charge in [0.1, 0.15) is 5.82 Å². The number of nitrogens with zero attached hydrogens (tertiary/aromatic N) is 2. The minimum Gasteiger partial charge on any atom is -0.399 e. The van der Waals surface area contributed by atoms with Crippen LogP contribution in [-0.4, -0.2) is 11.5 Å². The molecule has 18 heavy (non-hydrogen) atoms. The van der Waals surface area contributed by atoms with Crippen molar-refractivity contribution in [1.82, 2.24) is 4.98 Å². The highest BCUT2D eigenvalue weighted by Crippen LogP contribution is 2.16. The van der Waals surface area contributed by atoms with Crippen LogP contribution in [0.25, 0.3) is 0 Å². The van der Waals surface area contributed by atoms with Gasteiger partial charge in [0.05, 0.1) is 0 Å². The lowest BCUT2D eigenvalue weighted by molar-refractivity contribution is 0.813. The molecule has 0 atom stereocenters. The maximum atomic E-state index is 5.70. The van der Waals surface area contributed by atoms with E-state index in [2.05, 4.69) is 41.9 Å². The standard InChI is InChI=1S/C15H19N3/c1-3-18(15-10-12(2)8-9-17-15)11-13-4-6-14(16)7-5-13/h4-10H,3,11,16H2,1-2H3. The molecule has 2 N–H and O–H groups in total. The zero-order valence-corrected chi connectivity index (χ0v) is 10.9. The second kappa shape index (κ2) is 5.54. The van der Waals surface area contributed by atoms with Crippen molar-refractivity contribution < 1.29 is 0 Å². The second-order valence-corrected chi connectivity index (χ2v) is 4.45. The monoisotopic (exact) mass is 241 g/mol. The Kier molecular flexibility index (Phi) is 3.82. The van der Waals surface area contributed by atoms with E-state index in [-0.39, 0.29) is 0 Å². The summed E-state index contributed by atoms with van der Waals surface area (Å²) in [4.78, 5) is 6.67. The highest BCUT2D eigenvalue weighted by molar-refractivity contribution is 5.44. The number of benzene rings is 1. The smallest absolute Gasteiger partial charge is 0.129 e. The van der Waals surface area contributed by atoms with Gasteiger partial charge in [-0.05, 0) is 49.2 Å². The Labute approximate surface area is 108 Å². The van der Waals surface area contributed by atoms with Gasteiger partial charge in [-0.3, -0.25) is 0 Å². The molecule has 0 aliphatic heterocycles. The molecule has 0 amide bonds. The summed E-state index contributed by atoms with van der Waals surface area (Å²) >= 11 is 0. The minimum absolute atomic E-state index is 0.801. The van der Waals surface area contributed by atoms with Crippen LogP contribution in [0.2, 0.25) is 0 Å². The van der Waals surface area contributed by atoms with Crippen LogP contribution in [0.3, 0.4) is 0 Å². The summed E-state index contributed by atoms with van der Waals surface area (Å²) in [6.07, 6.45) is 1.86. The maximum Gasteiger partial charge on any atom is 0.129 e. The summed E-state index contributed by atoms with van der Waals surface area (Å²) in [6.45, 7) is 6.01. The lowest BCUT2D eigenvalue weighted by Gasteiger charge is -2.22. The van der Waals surface area contributed by atoms with Crippen molar-refractivity contribution in [3.63, 3.8) is 0 Å². The molecule has 3 heteroatoms. The molecule has 0 bridgehead atoms. The van der Waals surface area contributed by atoms with Crippen molar-refractivity contribution >= 4 is 11.5 Å². The molecular weight excluding hydrogens is 222 g/mol. The van der Waals surface area contributed by atoms with Crippen molar-refractivity contribution in [2.75, 3.05) is 17.2 Å². The number of aromatic nitrogens is 1. The number of nitrogen functional groups attached to an aromatic ring is 1. The van der Waals surface area contributed by atoms with Crippen LogP contribution in [0.15, 0.2) is 42.6 Å². The molecule has 2 aromatic rings. The van der Waals surface area contributed by atoms with Crippen LogP contribution in [0.1, 0.15) is 18.1 Å². The first-order valence-electron chi connectivity index (χ1n) is 6.21. The Bertz CT molecular complexity index is 505. The fourth-order valence-corrected chi connectivity index (χ4v) is 1.89. The van der Waals surface area contributed by atoms with Crippen LogP contribution in [0, 0.1) is 6.92 Å². The van der Waals surface area contributed by atoms with Gasteiger partial charge in [-0.1, -0.05) is 12.1 Å². The highest BCUT2D eigenvalue weighted by atomic mass is 15.2. The van der Waals surface area contributed by atoms with Crippen molar-refractivity contribution in [2.45, 2.75) is 20.4 Å². The van der Waals surface area contributed by atoms with E-state index in [1.165, 1.54) is 11.1 Å². The molecular formula is C15H19N3. The third-order valence-corrected chi connectivity index (χ3v) is 2.96. The van der Waals surface area contributed by atoms with Gasteiger partial charge in [-0.15, -0.1) is 0 Å². The lowest BCUT2D eigenvalue weighted by atomic mass is 10.2. The molecule has 1 aromatic carbocycles. The van der Waals surface area contributed by atoms with Crippen molar-refractivity contribution in [3.8, 4) is 0 Å². The van der Waals surface area contributed by atoms with Crippen LogP contribution >= 0.6 is 0 Å². The second-order valence-electron chi connectivity index (χ2n) is 4.45. The molecule has 0 saturated carbocycles. The molecule has 1 aromatic heterocycles. The summed E-state index contributed by atoms with van der Waals surface area (Å²) in [5.74, 6) is 1.02. The summed E-state index contributed by atoms with van der Waals surface area (Å²) in [5, 5.41) is 0. The van der Waals surface area contributed by atoms with Crippen molar-refractivity contribution in [3.05, 3.63) is 53.7 Å². The van der Waals surface area contributed by atoms with Gasteiger partial charge in [-0.25, -0.2) is 4.98 Å². The van der Waals surface area contributed by atoms with E-state index in [4.69, 9.17) is 5.73 Å². The van der Waals surface area contributed by atoms with Crippen molar-refractivity contribution in [1.29, 1.82) is 0 Å². The number of nitrogens with two attached hydrogens (primary N) is 1. The average Bonchev–Trinajstić information content (AvgIpc) is 2.38. The van der Waals surface area contributed by atoms with Crippen molar-refractivity contribution in [2.24, 2.45) is 0 Å². The van der Waals surface area contributed by atoms with E-state index in [0.29, 0.717) is 0 Å². The van der Waals surface area contributed by atoms with Crippen LogP contribution in [0.4, 0.5) is 11.5 Å². The number of rotatable bonds is 4. The summed E-state index contributed by atoms with van der Waals surface area (Å²) in [7, 11) is 0. The summed E-state index contributed by atoms with van der Waals surface area (Å²) < 4.78 is 0. The number of hydrogen-bond donors (Lipinski definition) is 1. The molecule has 0 saturated heterocycles. The van der Waals surface area contributed by atoms with E-state index in [1.54, 1.807) is 0 Å². The van der Waals surface area contributed by atoms with Crippen LogP contribution in [0.5, 0.6) is 0 Å². The molecule has 0 radical (unpaired) electrons. The van der Waals surface area contributed by atoms with Crippen LogP contribution < -0.4 is 10.6 Å². The largest absolute Gasteiger partial charge is 0.399 e. The van der Waals surface area contributed by atoms with Gasteiger partial charge in [-0.2, -0.15) is 0 Å². The Hall–Kier alpha value is -2.03. The fraction of sp³-hybridized carbons (Fsp3) is 0.267. The summed E-state index contributed by atoms with van der Waals surface area (Å²) in [5.41, 5.74) is 8.97. The molecule has 0 unspecified atom stereocenters. The predicted molar refractivity (Wildman–Crippen MR) is 76.6 cm³/mol. The molecule has 0 spiro atoms. The normalized spacial score (nSPS) is 10.3. The van der Waals surface area contributed by atoms with Gasteiger partial charge >= 0.3 is 0 Å². The first-order chi connectivity index (χ1) is 8.69. The minimum atomic E-state index is 0.801. The average molecular weight is 241 g/mol. The zero-order chi connectivity index (χ0) is 13.0. The Balaban J connectivity index is 2.17. The van der Waals surface area contributed by atoms with E-state index in [0.717, 1.165) is 24.6 Å². The topological polar surface area (TPSA) is 42.1 Å². The molecule has 0 fully saturated rings. The highest BCUT2D eigenvalue weighted by Gasteiger charge is 2.06. The van der Waals surface area contributed by atoms with Crippen LogP contribution in [-0.2, 0) is 6.54 Å². The van der Waals surface area contributed by atoms with E-state index in [1.807, 2.05) is 24.4 Å². The molecule has 0 aliphatic rings. The Morgan fingerprint density at radius 1 is 1.17 bits per heavy atom. The number of anilines is 2. The fourth-order valence-electron chi connectivity index (χ4n) is 1.89. The number of pyridine rings is 1. The van der Waals surface area contributed by atoms with Gasteiger partial charge in [0.2, 0.25) is 0 Å². The number of aryl methyl sites for hydroxylation is 1. The quantitative estimate of drug-likeness (QED) is 0.837. The van der Waals surface area contributed by atoms with Gasteiger partial charge in [0.25, 0.3) is 0 Å². The predicted octanol–water partition coefficient (Wildman–Crippen LogP) is 3.00. The molecule has 3 nitrogen and oxygen atoms in total. The SMILES string of the molecule is CCN(Cc1ccc(N)cc1)c1cc(C)ccn1. The molecule has 0 aliphatic carbocycles. The number of hydrogen-bond acceptors (Lipinski definition) is 3. The van der Waals surface area contributed by atoms with Gasteiger partial charge in [0.15, 0.2) is 0 Å². The Morgan fingerprint density at radius 3 is 2.50 bits per heavy atom. The lowest BCUT2D eigenvalue weighted by Crippen LogP contribution is -2.23. The first kappa shape index (κ1) is 12.4. The Morgan fingerprint density at radius 2 is 1.89 bits per heavy atom. The third-order valence-electron chi connectivity index (χ3n) is 2.96. The molecule has 2 rings (SSSR count).